The van der Waals surface area contributed by atoms with Crippen LogP contribution in [0.2, 0.25) is 0 Å². The van der Waals surface area contributed by atoms with Crippen LogP contribution in [0.5, 0.6) is 11.5 Å². The summed E-state index contributed by atoms with van der Waals surface area (Å²) in [4.78, 5) is 24.3. The summed E-state index contributed by atoms with van der Waals surface area (Å²) in [6.45, 7) is 0. The first-order valence-electron chi connectivity index (χ1n) is 5.81. The quantitative estimate of drug-likeness (QED) is 0.171. The van der Waals surface area contributed by atoms with E-state index in [4.69, 9.17) is 9.47 Å². The normalized spacial score (nSPS) is 13.5. The number of carbonyl (C=O) groups excluding carboxylic acids is 2. The molecule has 0 saturated carbocycles. The third kappa shape index (κ3) is 2.37. The molecule has 8 heteroatoms. The molecule has 0 atom stereocenters. The van der Waals surface area contributed by atoms with E-state index in [-0.39, 0.29) is 18.5 Å². The minimum absolute atomic E-state index is 0.00309. The summed E-state index contributed by atoms with van der Waals surface area (Å²) in [5.41, 5.74) is -0.602. The van der Waals surface area contributed by atoms with Crippen LogP contribution in [0.25, 0.3) is 0 Å². The van der Waals surface area contributed by atoms with Crippen LogP contribution in [0.15, 0.2) is 24.3 Å². The van der Waals surface area contributed by atoms with Gasteiger partial charge in [-0.25, -0.2) is 18.4 Å². The van der Waals surface area contributed by atoms with Crippen molar-refractivity contribution in [2.24, 2.45) is 0 Å². The average Bonchev–Trinajstić information content (AvgIpc) is 2.49. The Labute approximate surface area is 150 Å². The van der Waals surface area contributed by atoms with Crippen molar-refractivity contribution < 1.29 is 27.8 Å². The summed E-state index contributed by atoms with van der Waals surface area (Å²) in [5, 5.41) is 0. The first-order chi connectivity index (χ1) is 10.4. The van der Waals surface area contributed by atoms with Crippen LogP contribution < -0.4 is 9.47 Å². The highest BCUT2D eigenvalue weighted by Crippen LogP contribution is 2.37. The summed E-state index contributed by atoms with van der Waals surface area (Å²) in [7, 11) is 0. The molecule has 0 saturated heterocycles. The van der Waals surface area contributed by atoms with Gasteiger partial charge in [-0.1, -0.05) is 12.1 Å². The number of hydrogen-bond donors (Lipinski definition) is 0. The van der Waals surface area contributed by atoms with Gasteiger partial charge in [-0.05, 0) is 57.3 Å². The van der Waals surface area contributed by atoms with E-state index in [0.29, 0.717) is 0 Å². The van der Waals surface area contributed by atoms with Gasteiger partial charge >= 0.3 is 11.9 Å². The van der Waals surface area contributed by atoms with Crippen molar-refractivity contribution in [3.63, 3.8) is 0 Å². The first-order valence-corrected chi connectivity index (χ1v) is 7.97. The molecule has 4 nitrogen and oxygen atoms in total. The van der Waals surface area contributed by atoms with Gasteiger partial charge in [-0.15, -0.1) is 0 Å². The molecule has 0 N–H and O–H groups in total. The van der Waals surface area contributed by atoms with Gasteiger partial charge in [-0.3, -0.25) is 0 Å². The van der Waals surface area contributed by atoms with Crippen molar-refractivity contribution in [3.8, 4) is 11.5 Å². The second-order valence-corrected chi connectivity index (χ2v) is 6.39. The molecular formula is C14H4F2I2O4. The lowest BCUT2D eigenvalue weighted by Crippen LogP contribution is -2.23. The van der Waals surface area contributed by atoms with Crippen LogP contribution in [0, 0.1) is 18.8 Å². The molecule has 0 radical (unpaired) electrons. The van der Waals surface area contributed by atoms with Crippen molar-refractivity contribution in [1.29, 1.82) is 0 Å². The number of para-hydroxylation sites is 1. The fourth-order valence-electron chi connectivity index (χ4n) is 1.91. The molecular weight excluding hydrogens is 524 g/mol. The Hall–Kier alpha value is -1.30. The summed E-state index contributed by atoms with van der Waals surface area (Å²) in [5.74, 6) is -4.44. The molecule has 3 rings (SSSR count). The topological polar surface area (TPSA) is 52.6 Å². The Balaban J connectivity index is 2.28. The molecule has 0 fully saturated rings. The summed E-state index contributed by atoms with van der Waals surface area (Å²) >= 11 is 2.98. The maximum atomic E-state index is 14.2. The minimum atomic E-state index is -1.12. The second kappa shape index (κ2) is 5.72. The lowest BCUT2D eigenvalue weighted by molar-refractivity contribution is 0.0662. The van der Waals surface area contributed by atoms with Gasteiger partial charge < -0.3 is 9.47 Å². The monoisotopic (exact) mass is 528 g/mol. The molecule has 0 spiro atoms. The summed E-state index contributed by atoms with van der Waals surface area (Å²) in [6, 6.07) is 5.88. The molecule has 1 heterocycles. The average molecular weight is 528 g/mol. The van der Waals surface area contributed by atoms with E-state index in [1.54, 1.807) is 34.7 Å². The number of hydrogen-bond acceptors (Lipinski definition) is 4. The molecule has 2 aromatic rings. The highest BCUT2D eigenvalue weighted by molar-refractivity contribution is 14.1. The third-order valence-electron chi connectivity index (χ3n) is 2.93. The molecule has 1 aliphatic rings. The molecule has 112 valence electrons. The number of benzene rings is 2. The number of rotatable bonds is 0. The van der Waals surface area contributed by atoms with E-state index in [1.165, 1.54) is 34.7 Å². The van der Waals surface area contributed by atoms with Crippen LogP contribution in [0.3, 0.4) is 0 Å². The Morgan fingerprint density at radius 1 is 0.864 bits per heavy atom. The maximum Gasteiger partial charge on any atom is 0.350 e. The van der Waals surface area contributed by atoms with Gasteiger partial charge in [0.1, 0.15) is 16.9 Å². The number of halogens is 4. The van der Waals surface area contributed by atoms with E-state index in [2.05, 4.69) is 0 Å². The third-order valence-corrected chi connectivity index (χ3v) is 4.84. The van der Waals surface area contributed by atoms with E-state index in [0.717, 1.165) is 0 Å². The number of esters is 2. The zero-order valence-corrected chi connectivity index (χ0v) is 14.8. The standard InChI is InChI=1S/C14H4F2I2O4/c15-8-7-12(11(18)9(16)10(8)17)22-13(19)5-3-1-2-4-6(5)21-14(7)20/h1-4H. The highest BCUT2D eigenvalue weighted by atomic mass is 127. The van der Waals surface area contributed by atoms with Gasteiger partial charge in [-0.2, -0.15) is 0 Å². The molecule has 2 aromatic carbocycles. The van der Waals surface area contributed by atoms with Gasteiger partial charge in [0, 0.05) is 0 Å². The Kier molecular flexibility index (Phi) is 4.05. The number of carbonyl (C=O) groups is 2. The molecule has 22 heavy (non-hydrogen) atoms. The van der Waals surface area contributed by atoms with E-state index >= 15 is 0 Å². The fraction of sp³-hybridized carbons (Fsp3) is 0. The molecule has 0 amide bonds. The van der Waals surface area contributed by atoms with Crippen molar-refractivity contribution in [2.75, 3.05) is 0 Å². The lowest BCUT2D eigenvalue weighted by Gasteiger charge is -2.18. The number of fused-ring (bicyclic) bond motifs is 2. The first kappa shape index (κ1) is 15.6. The predicted octanol–water partition coefficient (Wildman–Crippen LogP) is 3.93. The predicted molar refractivity (Wildman–Crippen MR) is 88.2 cm³/mol. The molecule has 1 aliphatic heterocycles. The smallest absolute Gasteiger partial charge is 0.350 e. The van der Waals surface area contributed by atoms with Crippen molar-refractivity contribution in [3.05, 3.63) is 54.2 Å². The van der Waals surface area contributed by atoms with Crippen LogP contribution in [0.4, 0.5) is 8.78 Å². The van der Waals surface area contributed by atoms with Gasteiger partial charge in [0.05, 0.1) is 7.14 Å². The molecule has 0 aromatic heterocycles. The number of ether oxygens (including phenoxy) is 2. The van der Waals surface area contributed by atoms with E-state index in [1.807, 2.05) is 0 Å². The van der Waals surface area contributed by atoms with E-state index in [9.17, 15) is 18.4 Å². The van der Waals surface area contributed by atoms with Crippen molar-refractivity contribution in [1.82, 2.24) is 0 Å². The van der Waals surface area contributed by atoms with Crippen LogP contribution in [-0.4, -0.2) is 11.9 Å². The highest BCUT2D eigenvalue weighted by Gasteiger charge is 2.33. The minimum Gasteiger partial charge on any atom is -0.422 e. The Bertz CT molecular complexity index is 836. The van der Waals surface area contributed by atoms with Crippen molar-refractivity contribution in [2.45, 2.75) is 0 Å². The molecule has 0 bridgehead atoms. The Morgan fingerprint density at radius 2 is 1.55 bits per heavy atom. The van der Waals surface area contributed by atoms with Gasteiger partial charge in [0.2, 0.25) is 0 Å². The fourth-order valence-corrected chi connectivity index (χ4v) is 3.62. The maximum absolute atomic E-state index is 14.2. The lowest BCUT2D eigenvalue weighted by atomic mass is 10.1. The SMILES string of the molecule is O=C1Oc2c(I)c(F)c(I)c(F)c2C(=O)Oc2ccccc21. The second-order valence-electron chi connectivity index (χ2n) is 4.24. The molecule has 0 aliphatic carbocycles. The van der Waals surface area contributed by atoms with Crippen LogP contribution in [0.1, 0.15) is 20.7 Å². The van der Waals surface area contributed by atoms with Gasteiger partial charge in [0.25, 0.3) is 0 Å². The zero-order valence-electron chi connectivity index (χ0n) is 10.5. The van der Waals surface area contributed by atoms with Gasteiger partial charge in [0.15, 0.2) is 17.4 Å². The summed E-state index contributed by atoms with van der Waals surface area (Å²) < 4.78 is 37.8. The summed E-state index contributed by atoms with van der Waals surface area (Å²) in [6.07, 6.45) is 0. The van der Waals surface area contributed by atoms with E-state index < -0.39 is 34.9 Å². The van der Waals surface area contributed by atoms with Crippen LogP contribution >= 0.6 is 45.2 Å². The Morgan fingerprint density at radius 3 is 2.27 bits per heavy atom. The largest absolute Gasteiger partial charge is 0.422 e. The zero-order chi connectivity index (χ0) is 16.0. The molecule has 0 unspecified atom stereocenters. The van der Waals surface area contributed by atoms with Crippen LogP contribution in [-0.2, 0) is 0 Å². The van der Waals surface area contributed by atoms with Crippen molar-refractivity contribution >= 4 is 57.1 Å².